The highest BCUT2D eigenvalue weighted by atomic mass is 35.5. The van der Waals surface area contributed by atoms with Crippen molar-refractivity contribution in [1.29, 1.82) is 0 Å². The first kappa shape index (κ1) is 20.0. The van der Waals surface area contributed by atoms with Crippen molar-refractivity contribution in [2.75, 3.05) is 6.54 Å². The number of carbonyl (C=O) groups excluding carboxylic acids is 3. The highest BCUT2D eigenvalue weighted by Gasteiger charge is 2.22. The van der Waals surface area contributed by atoms with Crippen LogP contribution < -0.4 is 10.6 Å². The lowest BCUT2D eigenvalue weighted by molar-refractivity contribution is -0.155. The predicted octanol–water partition coefficient (Wildman–Crippen LogP) is 2.31. The van der Waals surface area contributed by atoms with E-state index in [9.17, 15) is 14.4 Å². The molecule has 0 aliphatic carbocycles. The SMILES string of the molecule is CC(OC(=O)CCNC(=O)c1ccc(Cl)cc1)C(=O)NC(C)(C)C. The van der Waals surface area contributed by atoms with Crippen LogP contribution in [0.4, 0.5) is 0 Å². The average molecular weight is 355 g/mol. The molecule has 0 bridgehead atoms. The molecule has 1 aromatic carbocycles. The van der Waals surface area contributed by atoms with E-state index in [1.165, 1.54) is 6.92 Å². The zero-order chi connectivity index (χ0) is 18.3. The van der Waals surface area contributed by atoms with Crippen molar-refractivity contribution < 1.29 is 19.1 Å². The van der Waals surface area contributed by atoms with Crippen molar-refractivity contribution in [1.82, 2.24) is 10.6 Å². The van der Waals surface area contributed by atoms with Crippen LogP contribution in [0.25, 0.3) is 0 Å². The third-order valence-corrected chi connectivity index (χ3v) is 3.15. The molecule has 0 radical (unpaired) electrons. The lowest BCUT2D eigenvalue weighted by atomic mass is 10.1. The summed E-state index contributed by atoms with van der Waals surface area (Å²) in [5, 5.41) is 5.87. The number of carbonyl (C=O) groups is 3. The standard InChI is InChI=1S/C17H23ClN2O4/c1-11(15(22)20-17(2,3)4)24-14(21)9-10-19-16(23)12-5-7-13(18)8-6-12/h5-8,11H,9-10H2,1-4H3,(H,19,23)(H,20,22). The minimum absolute atomic E-state index is 0.0214. The van der Waals surface area contributed by atoms with Crippen LogP contribution in [0, 0.1) is 0 Å². The summed E-state index contributed by atoms with van der Waals surface area (Å²) in [6, 6.07) is 6.41. The summed E-state index contributed by atoms with van der Waals surface area (Å²) < 4.78 is 5.04. The Kier molecular flexibility index (Phi) is 7.22. The number of ether oxygens (including phenoxy) is 1. The predicted molar refractivity (Wildman–Crippen MR) is 91.9 cm³/mol. The van der Waals surface area contributed by atoms with Gasteiger partial charge in [-0.05, 0) is 52.0 Å². The fraction of sp³-hybridized carbons (Fsp3) is 0.471. The van der Waals surface area contributed by atoms with Crippen molar-refractivity contribution >= 4 is 29.4 Å². The molecule has 1 unspecified atom stereocenters. The van der Waals surface area contributed by atoms with E-state index in [2.05, 4.69) is 10.6 Å². The van der Waals surface area contributed by atoms with Gasteiger partial charge in [-0.25, -0.2) is 0 Å². The van der Waals surface area contributed by atoms with Crippen LogP contribution >= 0.6 is 11.6 Å². The van der Waals surface area contributed by atoms with Crippen LogP contribution in [-0.2, 0) is 14.3 Å². The number of rotatable bonds is 6. The van der Waals surface area contributed by atoms with Gasteiger partial charge in [0.15, 0.2) is 6.10 Å². The van der Waals surface area contributed by atoms with Crippen molar-refractivity contribution in [2.45, 2.75) is 45.8 Å². The number of benzene rings is 1. The Labute approximate surface area is 146 Å². The van der Waals surface area contributed by atoms with Crippen LogP contribution in [0.3, 0.4) is 0 Å². The number of amides is 2. The third kappa shape index (κ3) is 7.46. The molecule has 1 aromatic rings. The second-order valence-corrected chi connectivity index (χ2v) is 6.82. The summed E-state index contributed by atoms with van der Waals surface area (Å²) in [6.45, 7) is 7.14. The van der Waals surface area contributed by atoms with Crippen LogP contribution in [0.15, 0.2) is 24.3 Å². The maximum atomic E-state index is 11.9. The summed E-state index contributed by atoms with van der Waals surface area (Å²) in [7, 11) is 0. The number of hydrogen-bond acceptors (Lipinski definition) is 4. The number of esters is 1. The lowest BCUT2D eigenvalue weighted by Gasteiger charge is -2.23. The van der Waals surface area contributed by atoms with E-state index in [0.29, 0.717) is 10.6 Å². The van der Waals surface area contributed by atoms with E-state index in [0.717, 1.165) is 0 Å². The maximum Gasteiger partial charge on any atom is 0.308 e. The van der Waals surface area contributed by atoms with Crippen LogP contribution in [0.5, 0.6) is 0 Å². The summed E-state index contributed by atoms with van der Waals surface area (Å²) >= 11 is 5.75. The molecule has 1 atom stereocenters. The van der Waals surface area contributed by atoms with Crippen molar-refractivity contribution in [3.8, 4) is 0 Å². The molecule has 1 rings (SSSR count). The van der Waals surface area contributed by atoms with Gasteiger partial charge in [0.25, 0.3) is 11.8 Å². The first-order chi connectivity index (χ1) is 11.1. The van der Waals surface area contributed by atoms with Gasteiger partial charge >= 0.3 is 5.97 Å². The first-order valence-electron chi connectivity index (χ1n) is 7.64. The molecule has 0 saturated carbocycles. The quantitative estimate of drug-likeness (QED) is 0.768. The number of hydrogen-bond donors (Lipinski definition) is 2. The van der Waals surface area contributed by atoms with Crippen molar-refractivity contribution in [2.24, 2.45) is 0 Å². The Balaban J connectivity index is 2.34. The molecule has 132 valence electrons. The Hall–Kier alpha value is -2.08. The Morgan fingerprint density at radius 1 is 1.17 bits per heavy atom. The van der Waals surface area contributed by atoms with E-state index in [-0.39, 0.29) is 24.8 Å². The molecule has 24 heavy (non-hydrogen) atoms. The fourth-order valence-corrected chi connectivity index (χ4v) is 1.89. The van der Waals surface area contributed by atoms with Gasteiger partial charge in [0.05, 0.1) is 6.42 Å². The van der Waals surface area contributed by atoms with Crippen molar-refractivity contribution in [3.63, 3.8) is 0 Å². The second-order valence-electron chi connectivity index (χ2n) is 6.38. The van der Waals surface area contributed by atoms with Gasteiger partial charge in [-0.15, -0.1) is 0 Å². The van der Waals surface area contributed by atoms with Gasteiger partial charge in [0.2, 0.25) is 0 Å². The van der Waals surface area contributed by atoms with E-state index in [1.54, 1.807) is 24.3 Å². The van der Waals surface area contributed by atoms with Gasteiger partial charge in [-0.3, -0.25) is 14.4 Å². The molecular weight excluding hydrogens is 332 g/mol. The normalized spacial score (nSPS) is 12.2. The van der Waals surface area contributed by atoms with Crippen LogP contribution in [0.2, 0.25) is 5.02 Å². The van der Waals surface area contributed by atoms with Gasteiger partial charge in [-0.2, -0.15) is 0 Å². The molecule has 0 heterocycles. The van der Waals surface area contributed by atoms with E-state index in [4.69, 9.17) is 16.3 Å². The van der Waals surface area contributed by atoms with E-state index in [1.807, 2.05) is 20.8 Å². The van der Waals surface area contributed by atoms with Crippen LogP contribution in [-0.4, -0.2) is 36.0 Å². The number of nitrogens with one attached hydrogen (secondary N) is 2. The molecule has 0 saturated heterocycles. The molecule has 2 N–H and O–H groups in total. The summed E-state index contributed by atoms with van der Waals surface area (Å²) in [4.78, 5) is 35.4. The largest absolute Gasteiger partial charge is 0.452 e. The monoisotopic (exact) mass is 354 g/mol. The van der Waals surface area contributed by atoms with Gasteiger partial charge in [0.1, 0.15) is 0 Å². The molecule has 0 fully saturated rings. The molecule has 7 heteroatoms. The minimum atomic E-state index is -0.885. The molecule has 0 aromatic heterocycles. The Morgan fingerprint density at radius 3 is 2.29 bits per heavy atom. The summed E-state index contributed by atoms with van der Waals surface area (Å²) in [6.07, 6.45) is -0.907. The molecule has 0 spiro atoms. The average Bonchev–Trinajstić information content (AvgIpc) is 2.45. The molecular formula is C17H23ClN2O4. The molecule has 2 amide bonds. The smallest absolute Gasteiger partial charge is 0.308 e. The third-order valence-electron chi connectivity index (χ3n) is 2.90. The first-order valence-corrected chi connectivity index (χ1v) is 8.01. The molecule has 0 aliphatic rings. The van der Waals surface area contributed by atoms with Gasteiger partial charge in [0, 0.05) is 22.7 Å². The maximum absolute atomic E-state index is 11.9. The zero-order valence-electron chi connectivity index (χ0n) is 14.3. The van der Waals surface area contributed by atoms with E-state index >= 15 is 0 Å². The summed E-state index contributed by atoms with van der Waals surface area (Å²) in [5.74, 6) is -1.22. The zero-order valence-corrected chi connectivity index (χ0v) is 15.1. The highest BCUT2D eigenvalue weighted by molar-refractivity contribution is 6.30. The van der Waals surface area contributed by atoms with Gasteiger partial charge in [-0.1, -0.05) is 11.6 Å². The molecule has 0 aliphatic heterocycles. The highest BCUT2D eigenvalue weighted by Crippen LogP contribution is 2.09. The topological polar surface area (TPSA) is 84.5 Å². The Morgan fingerprint density at radius 2 is 1.75 bits per heavy atom. The lowest BCUT2D eigenvalue weighted by Crippen LogP contribution is -2.46. The minimum Gasteiger partial charge on any atom is -0.452 e. The Bertz CT molecular complexity index is 594. The second kappa shape index (κ2) is 8.68. The van der Waals surface area contributed by atoms with Crippen LogP contribution in [0.1, 0.15) is 44.5 Å². The van der Waals surface area contributed by atoms with Gasteiger partial charge < -0.3 is 15.4 Å². The fourth-order valence-electron chi connectivity index (χ4n) is 1.76. The molecule has 6 nitrogen and oxygen atoms in total. The summed E-state index contributed by atoms with van der Waals surface area (Å²) in [5.41, 5.74) is 0.0512. The number of halogens is 1. The van der Waals surface area contributed by atoms with Crippen molar-refractivity contribution in [3.05, 3.63) is 34.9 Å². The van der Waals surface area contributed by atoms with E-state index < -0.39 is 17.6 Å².